The second kappa shape index (κ2) is 6.31. The summed E-state index contributed by atoms with van der Waals surface area (Å²) in [5, 5.41) is 3.13. The lowest BCUT2D eigenvalue weighted by Gasteiger charge is -2.33. The fourth-order valence-electron chi connectivity index (χ4n) is 2.67. The van der Waals surface area contributed by atoms with Gasteiger partial charge in [-0.25, -0.2) is 4.39 Å². The quantitative estimate of drug-likeness (QED) is 0.799. The smallest absolute Gasteiger partial charge is 0.309 e. The Morgan fingerprint density at radius 1 is 1.20 bits per heavy atom. The number of hydrogen-bond donors (Lipinski definition) is 1. The first-order chi connectivity index (χ1) is 9.38. The van der Waals surface area contributed by atoms with Crippen molar-refractivity contribution < 1.29 is 17.6 Å². The topological polar surface area (TPSA) is 12.0 Å². The molecule has 1 N–H and O–H groups in total. The summed E-state index contributed by atoms with van der Waals surface area (Å²) in [6.07, 6.45) is -2.22. The standard InChI is InChI=1S/C14H16ClF4N/c15-10-6-5-9(12(16)7-10)8-20-13-4-2-1-3-11(13)14(17,18)19/h5-7,11,13,20H,1-4,8H2. The summed E-state index contributed by atoms with van der Waals surface area (Å²) in [6, 6.07) is 3.55. The minimum absolute atomic E-state index is 0.0836. The third-order valence-corrected chi connectivity index (χ3v) is 3.99. The molecule has 1 aromatic rings. The molecule has 0 spiro atoms. The molecule has 2 unspecified atom stereocenters. The molecule has 2 rings (SSSR count). The molecule has 6 heteroatoms. The van der Waals surface area contributed by atoms with Crippen LogP contribution in [0.5, 0.6) is 0 Å². The van der Waals surface area contributed by atoms with Gasteiger partial charge in [0, 0.05) is 23.2 Å². The van der Waals surface area contributed by atoms with Gasteiger partial charge in [0.25, 0.3) is 0 Å². The molecule has 1 aromatic carbocycles. The fourth-order valence-corrected chi connectivity index (χ4v) is 2.83. The van der Waals surface area contributed by atoms with Crippen molar-refractivity contribution in [3.05, 3.63) is 34.6 Å². The van der Waals surface area contributed by atoms with E-state index in [4.69, 9.17) is 11.6 Å². The maximum Gasteiger partial charge on any atom is 0.393 e. The van der Waals surface area contributed by atoms with Crippen LogP contribution in [0.3, 0.4) is 0 Å². The molecule has 1 nitrogen and oxygen atoms in total. The van der Waals surface area contributed by atoms with Crippen LogP contribution in [0.2, 0.25) is 5.02 Å². The molecule has 1 aliphatic carbocycles. The van der Waals surface area contributed by atoms with Gasteiger partial charge in [-0.15, -0.1) is 0 Å². The van der Waals surface area contributed by atoms with Crippen molar-refractivity contribution >= 4 is 11.6 Å². The van der Waals surface area contributed by atoms with Crippen molar-refractivity contribution in [2.75, 3.05) is 0 Å². The van der Waals surface area contributed by atoms with Crippen LogP contribution < -0.4 is 5.32 Å². The number of benzene rings is 1. The average Bonchev–Trinajstić information content (AvgIpc) is 2.37. The van der Waals surface area contributed by atoms with Crippen molar-refractivity contribution in [1.82, 2.24) is 5.32 Å². The van der Waals surface area contributed by atoms with Crippen LogP contribution in [0.4, 0.5) is 17.6 Å². The Labute approximate surface area is 120 Å². The molecule has 0 aliphatic heterocycles. The van der Waals surface area contributed by atoms with Crippen molar-refractivity contribution in [3.63, 3.8) is 0 Å². The Morgan fingerprint density at radius 2 is 1.90 bits per heavy atom. The second-order valence-electron chi connectivity index (χ2n) is 5.16. The number of nitrogens with one attached hydrogen (secondary N) is 1. The van der Waals surface area contributed by atoms with Gasteiger partial charge in [0.1, 0.15) is 5.82 Å². The predicted molar refractivity (Wildman–Crippen MR) is 70.1 cm³/mol. The molecular weight excluding hydrogens is 294 g/mol. The van der Waals surface area contributed by atoms with Gasteiger partial charge in [-0.1, -0.05) is 30.5 Å². The van der Waals surface area contributed by atoms with Crippen LogP contribution in [0, 0.1) is 11.7 Å². The minimum Gasteiger partial charge on any atom is -0.309 e. The van der Waals surface area contributed by atoms with Crippen LogP contribution in [0.15, 0.2) is 18.2 Å². The molecule has 0 aromatic heterocycles. The van der Waals surface area contributed by atoms with E-state index in [1.165, 1.54) is 18.2 Å². The normalized spacial score (nSPS) is 23.9. The van der Waals surface area contributed by atoms with Gasteiger partial charge < -0.3 is 5.32 Å². The van der Waals surface area contributed by atoms with Crippen LogP contribution in [-0.2, 0) is 6.54 Å². The summed E-state index contributed by atoms with van der Waals surface area (Å²) in [5.41, 5.74) is 0.334. The third kappa shape index (κ3) is 3.85. The molecule has 0 amide bonds. The van der Waals surface area contributed by atoms with Crippen molar-refractivity contribution in [3.8, 4) is 0 Å². The molecule has 0 radical (unpaired) electrons. The van der Waals surface area contributed by atoms with E-state index in [1.54, 1.807) is 0 Å². The monoisotopic (exact) mass is 309 g/mol. The first-order valence-corrected chi connectivity index (χ1v) is 7.00. The second-order valence-corrected chi connectivity index (χ2v) is 5.59. The van der Waals surface area contributed by atoms with E-state index in [9.17, 15) is 17.6 Å². The lowest BCUT2D eigenvalue weighted by Crippen LogP contribution is -2.45. The molecule has 1 fully saturated rings. The van der Waals surface area contributed by atoms with Gasteiger partial charge >= 0.3 is 6.18 Å². The maximum absolute atomic E-state index is 13.6. The maximum atomic E-state index is 13.6. The van der Waals surface area contributed by atoms with Gasteiger partial charge in [-0.3, -0.25) is 0 Å². The van der Waals surface area contributed by atoms with E-state index in [0.29, 0.717) is 18.4 Å². The molecular formula is C14H16ClF4N. The highest BCUT2D eigenvalue weighted by atomic mass is 35.5. The summed E-state index contributed by atoms with van der Waals surface area (Å²) in [5.74, 6) is -1.84. The molecule has 1 saturated carbocycles. The van der Waals surface area contributed by atoms with Gasteiger partial charge in [0.2, 0.25) is 0 Å². The Kier molecular flexibility index (Phi) is 4.91. The van der Waals surface area contributed by atoms with E-state index < -0.39 is 24.0 Å². The zero-order valence-electron chi connectivity index (χ0n) is 10.8. The Hall–Kier alpha value is -0.810. The van der Waals surface area contributed by atoms with Crippen molar-refractivity contribution in [2.24, 2.45) is 5.92 Å². The predicted octanol–water partition coefficient (Wildman–Crippen LogP) is 4.69. The van der Waals surface area contributed by atoms with E-state index in [0.717, 1.165) is 6.42 Å². The largest absolute Gasteiger partial charge is 0.393 e. The van der Waals surface area contributed by atoms with Crippen molar-refractivity contribution in [1.29, 1.82) is 0 Å². The van der Waals surface area contributed by atoms with E-state index in [-0.39, 0.29) is 18.0 Å². The highest BCUT2D eigenvalue weighted by Crippen LogP contribution is 2.37. The molecule has 0 heterocycles. The van der Waals surface area contributed by atoms with Gasteiger partial charge in [0.15, 0.2) is 0 Å². The summed E-state index contributed by atoms with van der Waals surface area (Å²) < 4.78 is 52.3. The van der Waals surface area contributed by atoms with Crippen LogP contribution in [0.25, 0.3) is 0 Å². The summed E-state index contributed by atoms with van der Waals surface area (Å²) in [4.78, 5) is 0. The van der Waals surface area contributed by atoms with Gasteiger partial charge in [-0.2, -0.15) is 13.2 Å². The zero-order valence-corrected chi connectivity index (χ0v) is 11.6. The number of hydrogen-bond acceptors (Lipinski definition) is 1. The fraction of sp³-hybridized carbons (Fsp3) is 0.571. The highest BCUT2D eigenvalue weighted by molar-refractivity contribution is 6.30. The van der Waals surface area contributed by atoms with Crippen LogP contribution >= 0.6 is 11.6 Å². The van der Waals surface area contributed by atoms with E-state index >= 15 is 0 Å². The lowest BCUT2D eigenvalue weighted by atomic mass is 9.84. The molecule has 112 valence electrons. The summed E-state index contributed by atoms with van der Waals surface area (Å²) >= 11 is 5.64. The third-order valence-electron chi connectivity index (χ3n) is 3.76. The highest BCUT2D eigenvalue weighted by Gasteiger charge is 2.45. The van der Waals surface area contributed by atoms with Crippen LogP contribution in [0.1, 0.15) is 31.2 Å². The molecule has 1 aliphatic rings. The average molecular weight is 310 g/mol. The molecule has 2 atom stereocenters. The zero-order chi connectivity index (χ0) is 14.8. The first kappa shape index (κ1) is 15.6. The van der Waals surface area contributed by atoms with E-state index in [1.807, 2.05) is 0 Å². The van der Waals surface area contributed by atoms with Crippen LogP contribution in [-0.4, -0.2) is 12.2 Å². The van der Waals surface area contributed by atoms with E-state index in [2.05, 4.69) is 5.32 Å². The number of alkyl halides is 3. The molecule has 0 saturated heterocycles. The van der Waals surface area contributed by atoms with Crippen molar-refractivity contribution in [2.45, 2.75) is 44.4 Å². The Bertz CT molecular complexity index is 461. The minimum atomic E-state index is -4.20. The lowest BCUT2D eigenvalue weighted by molar-refractivity contribution is -0.189. The molecule has 0 bridgehead atoms. The Morgan fingerprint density at radius 3 is 2.55 bits per heavy atom. The first-order valence-electron chi connectivity index (χ1n) is 6.62. The van der Waals surface area contributed by atoms with Gasteiger partial charge in [0.05, 0.1) is 5.92 Å². The SMILES string of the molecule is Fc1cc(Cl)ccc1CNC1CCCCC1C(F)(F)F. The Balaban J connectivity index is 2.01. The summed E-state index contributed by atoms with van der Waals surface area (Å²) in [7, 11) is 0. The summed E-state index contributed by atoms with van der Waals surface area (Å²) in [6.45, 7) is 0.0836. The number of rotatable bonds is 3. The van der Waals surface area contributed by atoms with Gasteiger partial charge in [-0.05, 0) is 25.0 Å². The molecule has 20 heavy (non-hydrogen) atoms. The number of halogens is 5.